The maximum atomic E-state index is 13.7. The third-order valence-electron chi connectivity index (χ3n) is 4.56. The summed E-state index contributed by atoms with van der Waals surface area (Å²) < 4.78 is 15.6. The summed E-state index contributed by atoms with van der Waals surface area (Å²) in [5.74, 6) is 0.112. The molecular formula is C22H19FN4O. The Bertz CT molecular complexity index is 1120. The van der Waals surface area contributed by atoms with Crippen LogP contribution in [0.5, 0.6) is 0 Å². The summed E-state index contributed by atoms with van der Waals surface area (Å²) in [7, 11) is 1.78. The number of benzene rings is 2. The van der Waals surface area contributed by atoms with Crippen LogP contribution in [0.1, 0.15) is 16.1 Å². The maximum absolute atomic E-state index is 13.7. The third-order valence-corrected chi connectivity index (χ3v) is 4.56. The molecule has 0 aliphatic carbocycles. The number of pyridine rings is 1. The lowest BCUT2D eigenvalue weighted by atomic mass is 10.2. The van der Waals surface area contributed by atoms with Gasteiger partial charge in [0.2, 0.25) is 0 Å². The molecule has 0 atom stereocenters. The Kier molecular flexibility index (Phi) is 4.76. The number of carbonyl (C=O) groups is 1. The van der Waals surface area contributed by atoms with Crippen LogP contribution in [0.2, 0.25) is 0 Å². The summed E-state index contributed by atoms with van der Waals surface area (Å²) in [4.78, 5) is 17.2. The molecule has 0 spiro atoms. The fraction of sp³-hybridized carbons (Fsp3) is 0.0909. The van der Waals surface area contributed by atoms with Crippen molar-refractivity contribution in [2.45, 2.75) is 6.54 Å². The van der Waals surface area contributed by atoms with E-state index in [0.29, 0.717) is 29.1 Å². The summed E-state index contributed by atoms with van der Waals surface area (Å²) in [5, 5.41) is 6.49. The van der Waals surface area contributed by atoms with Crippen molar-refractivity contribution in [1.29, 1.82) is 0 Å². The number of aromatic nitrogens is 2. The topological polar surface area (TPSA) is 58.9 Å². The Morgan fingerprint density at radius 3 is 2.61 bits per heavy atom. The van der Waals surface area contributed by atoms with Crippen LogP contribution in [0.15, 0.2) is 72.9 Å². The molecule has 0 saturated heterocycles. The van der Waals surface area contributed by atoms with Crippen molar-refractivity contribution in [3.8, 4) is 0 Å². The second-order valence-electron chi connectivity index (χ2n) is 6.44. The standard InChI is InChI=1S/C22H19FN4O/c1-24-21-10-8-18(13-25-21)26-22(28)20-12-16-11-17(23)7-9-19(16)27(20)14-15-5-3-2-4-6-15/h2-13H,14H2,1H3,(H,24,25)(H,26,28). The molecule has 4 aromatic rings. The largest absolute Gasteiger partial charge is 0.373 e. The highest BCUT2D eigenvalue weighted by Gasteiger charge is 2.17. The number of rotatable bonds is 5. The molecule has 0 aliphatic rings. The van der Waals surface area contributed by atoms with Crippen LogP contribution in [-0.2, 0) is 6.54 Å². The van der Waals surface area contributed by atoms with E-state index in [1.165, 1.54) is 12.1 Å². The van der Waals surface area contributed by atoms with E-state index >= 15 is 0 Å². The van der Waals surface area contributed by atoms with Crippen LogP contribution in [-0.4, -0.2) is 22.5 Å². The number of nitrogens with zero attached hydrogens (tertiary/aromatic N) is 2. The van der Waals surface area contributed by atoms with E-state index < -0.39 is 0 Å². The minimum Gasteiger partial charge on any atom is -0.373 e. The predicted molar refractivity (Wildman–Crippen MR) is 109 cm³/mol. The van der Waals surface area contributed by atoms with E-state index in [2.05, 4.69) is 15.6 Å². The predicted octanol–water partition coefficient (Wildman–Crippen LogP) is 4.52. The van der Waals surface area contributed by atoms with Crippen molar-refractivity contribution in [1.82, 2.24) is 9.55 Å². The SMILES string of the molecule is CNc1ccc(NC(=O)c2cc3cc(F)ccc3n2Cc2ccccc2)cn1. The minimum atomic E-state index is -0.330. The highest BCUT2D eigenvalue weighted by atomic mass is 19.1. The van der Waals surface area contributed by atoms with E-state index in [1.54, 1.807) is 37.5 Å². The van der Waals surface area contributed by atoms with Gasteiger partial charge < -0.3 is 15.2 Å². The fourth-order valence-electron chi connectivity index (χ4n) is 3.18. The van der Waals surface area contributed by atoms with Gasteiger partial charge in [-0.1, -0.05) is 30.3 Å². The van der Waals surface area contributed by atoms with E-state index in [9.17, 15) is 9.18 Å². The zero-order valence-electron chi connectivity index (χ0n) is 15.3. The molecule has 0 radical (unpaired) electrons. The van der Waals surface area contributed by atoms with Crippen LogP contribution in [0.25, 0.3) is 10.9 Å². The van der Waals surface area contributed by atoms with Crippen molar-refractivity contribution >= 4 is 28.3 Å². The summed E-state index contributed by atoms with van der Waals surface area (Å²) in [6.45, 7) is 0.510. The first-order valence-corrected chi connectivity index (χ1v) is 8.92. The zero-order valence-corrected chi connectivity index (χ0v) is 15.3. The van der Waals surface area contributed by atoms with Gasteiger partial charge in [-0.3, -0.25) is 4.79 Å². The summed E-state index contributed by atoms with van der Waals surface area (Å²) in [5.41, 5.74) is 2.91. The quantitative estimate of drug-likeness (QED) is 0.540. The van der Waals surface area contributed by atoms with Crippen LogP contribution in [0, 0.1) is 5.82 Å². The van der Waals surface area contributed by atoms with Crippen LogP contribution in [0.3, 0.4) is 0 Å². The van der Waals surface area contributed by atoms with Crippen molar-refractivity contribution in [3.05, 3.63) is 90.0 Å². The lowest BCUT2D eigenvalue weighted by molar-refractivity contribution is 0.101. The highest BCUT2D eigenvalue weighted by molar-refractivity contribution is 6.06. The molecule has 0 aliphatic heterocycles. The molecule has 2 N–H and O–H groups in total. The van der Waals surface area contributed by atoms with Gasteiger partial charge in [0, 0.05) is 24.5 Å². The number of hydrogen-bond donors (Lipinski definition) is 2. The van der Waals surface area contributed by atoms with Crippen molar-refractivity contribution in [2.75, 3.05) is 17.7 Å². The highest BCUT2D eigenvalue weighted by Crippen LogP contribution is 2.23. The first-order valence-electron chi connectivity index (χ1n) is 8.92. The third kappa shape index (κ3) is 3.57. The van der Waals surface area contributed by atoms with Gasteiger partial charge in [0.25, 0.3) is 5.91 Å². The first-order chi connectivity index (χ1) is 13.6. The number of anilines is 2. The number of fused-ring (bicyclic) bond motifs is 1. The molecule has 140 valence electrons. The van der Waals surface area contributed by atoms with Gasteiger partial charge >= 0.3 is 0 Å². The summed E-state index contributed by atoms with van der Waals surface area (Å²) in [6.07, 6.45) is 1.59. The van der Waals surface area contributed by atoms with E-state index in [4.69, 9.17) is 0 Å². The van der Waals surface area contributed by atoms with Gasteiger partial charge in [-0.15, -0.1) is 0 Å². The van der Waals surface area contributed by atoms with Gasteiger partial charge in [-0.05, 0) is 42.0 Å². The van der Waals surface area contributed by atoms with Crippen LogP contribution in [0.4, 0.5) is 15.9 Å². The Hall–Kier alpha value is -3.67. The Labute approximate surface area is 161 Å². The Morgan fingerprint density at radius 2 is 1.89 bits per heavy atom. The number of nitrogens with one attached hydrogen (secondary N) is 2. The molecule has 5 nitrogen and oxygen atoms in total. The summed E-state index contributed by atoms with van der Waals surface area (Å²) >= 11 is 0. The average Bonchev–Trinajstić information content (AvgIpc) is 3.07. The molecule has 0 bridgehead atoms. The number of hydrogen-bond acceptors (Lipinski definition) is 3. The average molecular weight is 374 g/mol. The zero-order chi connectivity index (χ0) is 19.5. The van der Waals surface area contributed by atoms with Crippen molar-refractivity contribution in [2.24, 2.45) is 0 Å². The molecule has 6 heteroatoms. The first kappa shape index (κ1) is 17.7. The van der Waals surface area contributed by atoms with E-state index in [-0.39, 0.29) is 11.7 Å². The molecule has 28 heavy (non-hydrogen) atoms. The van der Waals surface area contributed by atoms with Crippen LogP contribution >= 0.6 is 0 Å². The number of halogens is 1. The molecule has 2 aromatic heterocycles. The molecule has 4 rings (SSSR count). The van der Waals surface area contributed by atoms with Crippen LogP contribution < -0.4 is 10.6 Å². The lowest BCUT2D eigenvalue weighted by Gasteiger charge is -2.12. The second kappa shape index (κ2) is 7.52. The fourth-order valence-corrected chi connectivity index (χ4v) is 3.18. The minimum absolute atomic E-state index is 0.272. The summed E-state index contributed by atoms with van der Waals surface area (Å²) in [6, 6.07) is 19.7. The van der Waals surface area contributed by atoms with Gasteiger partial charge in [0.1, 0.15) is 17.3 Å². The number of carbonyl (C=O) groups excluding carboxylic acids is 1. The molecule has 0 saturated carbocycles. The molecular weight excluding hydrogens is 355 g/mol. The van der Waals surface area contributed by atoms with E-state index in [0.717, 1.165) is 11.1 Å². The molecule has 0 unspecified atom stereocenters. The van der Waals surface area contributed by atoms with Gasteiger partial charge in [-0.2, -0.15) is 0 Å². The molecule has 2 heterocycles. The van der Waals surface area contributed by atoms with Gasteiger partial charge in [0.15, 0.2) is 0 Å². The van der Waals surface area contributed by atoms with Gasteiger partial charge in [0.05, 0.1) is 11.9 Å². The normalized spacial score (nSPS) is 10.8. The Balaban J connectivity index is 1.71. The van der Waals surface area contributed by atoms with E-state index in [1.807, 2.05) is 34.9 Å². The van der Waals surface area contributed by atoms with Crippen molar-refractivity contribution < 1.29 is 9.18 Å². The number of amides is 1. The second-order valence-corrected chi connectivity index (χ2v) is 6.44. The molecule has 1 amide bonds. The maximum Gasteiger partial charge on any atom is 0.272 e. The van der Waals surface area contributed by atoms with Crippen molar-refractivity contribution in [3.63, 3.8) is 0 Å². The molecule has 0 fully saturated rings. The Morgan fingerprint density at radius 1 is 1.07 bits per heavy atom. The smallest absolute Gasteiger partial charge is 0.272 e. The lowest BCUT2D eigenvalue weighted by Crippen LogP contribution is -2.17. The monoisotopic (exact) mass is 374 g/mol. The van der Waals surface area contributed by atoms with Gasteiger partial charge in [-0.25, -0.2) is 9.37 Å². The molecule has 2 aromatic carbocycles.